The fourth-order valence-electron chi connectivity index (χ4n) is 2.04. The van der Waals surface area contributed by atoms with Gasteiger partial charge in [0.2, 0.25) is 0 Å². The van der Waals surface area contributed by atoms with Crippen molar-refractivity contribution in [2.24, 2.45) is 0 Å². The number of aliphatic carboxylic acids is 1. The molecule has 0 saturated carbocycles. The molecular formula is C13H16FNO3. The van der Waals surface area contributed by atoms with Crippen molar-refractivity contribution in [3.8, 4) is 0 Å². The van der Waals surface area contributed by atoms with E-state index in [0.717, 1.165) is 5.56 Å². The van der Waals surface area contributed by atoms with Crippen LogP contribution in [0.1, 0.15) is 18.4 Å². The van der Waals surface area contributed by atoms with Crippen molar-refractivity contribution >= 4 is 11.7 Å². The van der Waals surface area contributed by atoms with Gasteiger partial charge in [0.05, 0.1) is 11.8 Å². The summed E-state index contributed by atoms with van der Waals surface area (Å²) in [5.41, 5.74) is 1.40. The number of nitrogens with one attached hydrogen (secondary N) is 1. The third-order valence-electron chi connectivity index (χ3n) is 3.03. The van der Waals surface area contributed by atoms with E-state index in [1.165, 1.54) is 6.07 Å². The first-order valence-corrected chi connectivity index (χ1v) is 5.94. The van der Waals surface area contributed by atoms with E-state index in [0.29, 0.717) is 25.1 Å². The maximum atomic E-state index is 13.5. The Bertz CT molecular complexity index is 450. The number of hydrogen-bond acceptors (Lipinski definition) is 3. The fraction of sp³-hybridized carbons (Fsp3) is 0.462. The molecule has 0 aliphatic carbocycles. The van der Waals surface area contributed by atoms with E-state index < -0.39 is 12.1 Å². The third kappa shape index (κ3) is 2.98. The smallest absolute Gasteiger partial charge is 0.332 e. The number of benzene rings is 1. The van der Waals surface area contributed by atoms with Crippen LogP contribution in [0.15, 0.2) is 18.2 Å². The van der Waals surface area contributed by atoms with E-state index >= 15 is 0 Å². The molecule has 1 aromatic rings. The number of carbonyl (C=O) groups is 1. The number of ether oxygens (including phenoxy) is 1. The topological polar surface area (TPSA) is 58.6 Å². The molecule has 1 fully saturated rings. The van der Waals surface area contributed by atoms with Gasteiger partial charge in [0.15, 0.2) is 6.10 Å². The van der Waals surface area contributed by atoms with Gasteiger partial charge < -0.3 is 15.2 Å². The lowest BCUT2D eigenvalue weighted by atomic mass is 10.2. The lowest BCUT2D eigenvalue weighted by Crippen LogP contribution is -2.24. The Morgan fingerprint density at radius 1 is 1.56 bits per heavy atom. The molecular weight excluding hydrogens is 237 g/mol. The Kier molecular flexibility index (Phi) is 3.81. The average molecular weight is 253 g/mol. The largest absolute Gasteiger partial charge is 0.479 e. The summed E-state index contributed by atoms with van der Waals surface area (Å²) in [6.45, 7) is 2.31. The first-order valence-electron chi connectivity index (χ1n) is 5.94. The highest BCUT2D eigenvalue weighted by Crippen LogP contribution is 2.21. The lowest BCUT2D eigenvalue weighted by molar-refractivity contribution is -0.149. The van der Waals surface area contributed by atoms with Crippen molar-refractivity contribution in [1.29, 1.82) is 0 Å². The normalized spacial score (nSPS) is 23.0. The second-order valence-corrected chi connectivity index (χ2v) is 4.53. The van der Waals surface area contributed by atoms with Crippen molar-refractivity contribution in [2.75, 3.05) is 11.9 Å². The molecule has 1 aliphatic heterocycles. The number of carboxylic acid groups (broad SMARTS) is 1. The van der Waals surface area contributed by atoms with Gasteiger partial charge in [-0.3, -0.25) is 0 Å². The molecule has 0 spiro atoms. The molecule has 2 atom stereocenters. The van der Waals surface area contributed by atoms with Crippen molar-refractivity contribution < 1.29 is 19.0 Å². The minimum atomic E-state index is -0.931. The SMILES string of the molecule is Cc1ccc(F)c(NCC2CCC(C(=O)O)O2)c1. The number of anilines is 1. The maximum absolute atomic E-state index is 13.5. The van der Waals surface area contributed by atoms with Crippen LogP contribution < -0.4 is 5.32 Å². The van der Waals surface area contributed by atoms with E-state index in [1.807, 2.05) is 6.92 Å². The summed E-state index contributed by atoms with van der Waals surface area (Å²) < 4.78 is 18.8. The molecule has 1 aromatic carbocycles. The predicted molar refractivity (Wildman–Crippen MR) is 65.2 cm³/mol. The summed E-state index contributed by atoms with van der Waals surface area (Å²) in [5, 5.41) is 11.8. The highest BCUT2D eigenvalue weighted by Gasteiger charge is 2.30. The second kappa shape index (κ2) is 5.35. The lowest BCUT2D eigenvalue weighted by Gasteiger charge is -2.14. The van der Waals surface area contributed by atoms with Gasteiger partial charge in [0.1, 0.15) is 5.82 Å². The maximum Gasteiger partial charge on any atom is 0.332 e. The zero-order valence-electron chi connectivity index (χ0n) is 10.1. The highest BCUT2D eigenvalue weighted by atomic mass is 19.1. The molecule has 1 heterocycles. The molecule has 0 bridgehead atoms. The number of hydrogen-bond donors (Lipinski definition) is 2. The minimum Gasteiger partial charge on any atom is -0.479 e. The average Bonchev–Trinajstić information content (AvgIpc) is 2.79. The molecule has 1 aliphatic rings. The molecule has 5 heteroatoms. The number of aryl methyl sites for hydroxylation is 1. The van der Waals surface area contributed by atoms with Gasteiger partial charge in [0.25, 0.3) is 0 Å². The van der Waals surface area contributed by atoms with Gasteiger partial charge >= 0.3 is 5.97 Å². The zero-order chi connectivity index (χ0) is 13.1. The predicted octanol–water partition coefficient (Wildman–Crippen LogP) is 2.18. The van der Waals surface area contributed by atoms with E-state index in [-0.39, 0.29) is 11.9 Å². The summed E-state index contributed by atoms with van der Waals surface area (Å²) in [6, 6.07) is 4.83. The van der Waals surface area contributed by atoms with Crippen LogP contribution in [0.4, 0.5) is 10.1 Å². The summed E-state index contributed by atoms with van der Waals surface area (Å²) in [7, 11) is 0. The van der Waals surface area contributed by atoms with Gasteiger partial charge in [-0.1, -0.05) is 6.07 Å². The number of rotatable bonds is 4. The van der Waals surface area contributed by atoms with Crippen LogP contribution in [0.5, 0.6) is 0 Å². The minimum absolute atomic E-state index is 0.175. The Hall–Kier alpha value is -1.62. The summed E-state index contributed by atoms with van der Waals surface area (Å²) >= 11 is 0. The van der Waals surface area contributed by atoms with E-state index in [9.17, 15) is 9.18 Å². The van der Waals surface area contributed by atoms with Crippen LogP contribution in [-0.2, 0) is 9.53 Å². The van der Waals surface area contributed by atoms with Gasteiger partial charge in [-0.25, -0.2) is 9.18 Å². The molecule has 18 heavy (non-hydrogen) atoms. The summed E-state index contributed by atoms with van der Waals surface area (Å²) in [6.07, 6.45) is 0.292. The first-order chi connectivity index (χ1) is 8.56. The molecule has 0 radical (unpaired) electrons. The van der Waals surface area contributed by atoms with Crippen molar-refractivity contribution in [2.45, 2.75) is 32.0 Å². The van der Waals surface area contributed by atoms with E-state index in [4.69, 9.17) is 9.84 Å². The molecule has 0 amide bonds. The van der Waals surface area contributed by atoms with Crippen LogP contribution >= 0.6 is 0 Å². The molecule has 2 unspecified atom stereocenters. The molecule has 0 aromatic heterocycles. The van der Waals surface area contributed by atoms with Crippen LogP contribution in [-0.4, -0.2) is 29.8 Å². The van der Waals surface area contributed by atoms with Crippen LogP contribution in [0.25, 0.3) is 0 Å². The molecule has 98 valence electrons. The molecule has 1 saturated heterocycles. The zero-order valence-corrected chi connectivity index (χ0v) is 10.1. The third-order valence-corrected chi connectivity index (χ3v) is 3.03. The van der Waals surface area contributed by atoms with E-state index in [1.54, 1.807) is 12.1 Å². The van der Waals surface area contributed by atoms with Crippen molar-refractivity contribution in [1.82, 2.24) is 0 Å². The Labute approximate surface area is 105 Å². The van der Waals surface area contributed by atoms with Crippen LogP contribution in [0.2, 0.25) is 0 Å². The van der Waals surface area contributed by atoms with Crippen LogP contribution in [0, 0.1) is 12.7 Å². The van der Waals surface area contributed by atoms with Crippen LogP contribution in [0.3, 0.4) is 0 Å². The summed E-state index contributed by atoms with van der Waals surface area (Å²) in [5.74, 6) is -1.24. The Morgan fingerprint density at radius 3 is 3.00 bits per heavy atom. The van der Waals surface area contributed by atoms with Gasteiger partial charge in [-0.2, -0.15) is 0 Å². The molecule has 2 rings (SSSR count). The second-order valence-electron chi connectivity index (χ2n) is 4.53. The van der Waals surface area contributed by atoms with Gasteiger partial charge in [-0.05, 0) is 37.5 Å². The Morgan fingerprint density at radius 2 is 2.33 bits per heavy atom. The fourth-order valence-corrected chi connectivity index (χ4v) is 2.04. The highest BCUT2D eigenvalue weighted by molar-refractivity contribution is 5.72. The number of halogens is 1. The molecule has 2 N–H and O–H groups in total. The van der Waals surface area contributed by atoms with Gasteiger partial charge in [-0.15, -0.1) is 0 Å². The van der Waals surface area contributed by atoms with Crippen molar-refractivity contribution in [3.05, 3.63) is 29.6 Å². The standard InChI is InChI=1S/C13H16FNO3/c1-8-2-4-10(14)11(6-8)15-7-9-3-5-12(18-9)13(16)17/h2,4,6,9,12,15H,3,5,7H2,1H3,(H,16,17). The summed E-state index contributed by atoms with van der Waals surface area (Å²) in [4.78, 5) is 10.7. The number of carboxylic acids is 1. The van der Waals surface area contributed by atoms with Gasteiger partial charge in [0, 0.05) is 6.54 Å². The quantitative estimate of drug-likeness (QED) is 0.863. The first kappa shape index (κ1) is 12.8. The van der Waals surface area contributed by atoms with E-state index in [2.05, 4.69) is 5.32 Å². The van der Waals surface area contributed by atoms with Crippen molar-refractivity contribution in [3.63, 3.8) is 0 Å². The Balaban J connectivity index is 1.89. The monoisotopic (exact) mass is 253 g/mol. The molecule has 4 nitrogen and oxygen atoms in total.